The van der Waals surface area contributed by atoms with E-state index in [0.29, 0.717) is 5.92 Å². The van der Waals surface area contributed by atoms with Crippen LogP contribution in [0.25, 0.3) is 0 Å². The quantitative estimate of drug-likeness (QED) is 0.885. The molecule has 2 aliphatic heterocycles. The van der Waals surface area contributed by atoms with Crippen LogP contribution in [0.2, 0.25) is 0 Å². The first-order chi connectivity index (χ1) is 8.92. The Morgan fingerprint density at radius 2 is 2.22 bits per heavy atom. The Kier molecular flexibility index (Phi) is 3.90. The number of nitrogens with zero attached hydrogens (tertiary/aromatic N) is 2. The standard InChI is InChI=1S/C13H21N3O2/c1-2-7-17-11(5-1)8-12-15-13(18-16-12)10-4-3-6-14-9-10/h10-11,14H,1-9H2/t10-,11?/m0/s1. The fourth-order valence-corrected chi connectivity index (χ4v) is 2.75. The lowest BCUT2D eigenvalue weighted by Crippen LogP contribution is -2.28. The van der Waals surface area contributed by atoms with Crippen LogP contribution in [-0.4, -0.2) is 35.9 Å². The van der Waals surface area contributed by atoms with Gasteiger partial charge in [-0.1, -0.05) is 5.16 Å². The second kappa shape index (κ2) is 5.80. The van der Waals surface area contributed by atoms with Gasteiger partial charge in [0.05, 0.1) is 12.0 Å². The van der Waals surface area contributed by atoms with Crippen molar-refractivity contribution in [2.24, 2.45) is 0 Å². The minimum absolute atomic E-state index is 0.286. The summed E-state index contributed by atoms with van der Waals surface area (Å²) in [6.07, 6.45) is 6.97. The maximum Gasteiger partial charge on any atom is 0.231 e. The van der Waals surface area contributed by atoms with Crippen molar-refractivity contribution in [2.75, 3.05) is 19.7 Å². The number of hydrogen-bond donors (Lipinski definition) is 1. The predicted molar refractivity (Wildman–Crippen MR) is 66.4 cm³/mol. The molecular weight excluding hydrogens is 230 g/mol. The average molecular weight is 251 g/mol. The summed E-state index contributed by atoms with van der Waals surface area (Å²) >= 11 is 0. The third kappa shape index (κ3) is 2.90. The number of rotatable bonds is 3. The van der Waals surface area contributed by atoms with E-state index in [9.17, 15) is 0 Å². The van der Waals surface area contributed by atoms with E-state index in [1.807, 2.05) is 0 Å². The van der Waals surface area contributed by atoms with Crippen LogP contribution in [0.1, 0.15) is 49.7 Å². The summed E-state index contributed by atoms with van der Waals surface area (Å²) in [5.41, 5.74) is 0. The topological polar surface area (TPSA) is 60.2 Å². The molecule has 3 rings (SSSR count). The third-order valence-corrected chi connectivity index (χ3v) is 3.81. The summed E-state index contributed by atoms with van der Waals surface area (Å²) in [7, 11) is 0. The van der Waals surface area contributed by atoms with Crippen LogP contribution in [0.5, 0.6) is 0 Å². The van der Waals surface area contributed by atoms with Gasteiger partial charge in [-0.2, -0.15) is 4.98 Å². The van der Waals surface area contributed by atoms with E-state index in [0.717, 1.165) is 50.7 Å². The zero-order chi connectivity index (χ0) is 12.2. The van der Waals surface area contributed by atoms with E-state index >= 15 is 0 Å². The number of piperidine rings is 1. The molecule has 0 radical (unpaired) electrons. The van der Waals surface area contributed by atoms with Crippen molar-refractivity contribution < 1.29 is 9.26 Å². The van der Waals surface area contributed by atoms with Crippen molar-refractivity contribution in [3.8, 4) is 0 Å². The number of ether oxygens (including phenoxy) is 1. The first-order valence-corrected chi connectivity index (χ1v) is 7.06. The molecule has 3 heterocycles. The SMILES string of the molecule is C1CCC(Cc2noc([C@H]3CCCNC3)n2)OC1. The lowest BCUT2D eigenvalue weighted by Gasteiger charge is -2.21. The molecule has 18 heavy (non-hydrogen) atoms. The molecule has 2 fully saturated rings. The van der Waals surface area contributed by atoms with Crippen LogP contribution in [0.15, 0.2) is 4.52 Å². The largest absolute Gasteiger partial charge is 0.378 e. The predicted octanol–water partition coefficient (Wildman–Crippen LogP) is 1.65. The van der Waals surface area contributed by atoms with Crippen LogP contribution in [0.4, 0.5) is 0 Å². The first-order valence-electron chi connectivity index (χ1n) is 7.06. The molecule has 1 aromatic heterocycles. The minimum Gasteiger partial charge on any atom is -0.378 e. The first kappa shape index (κ1) is 12.1. The van der Waals surface area contributed by atoms with Gasteiger partial charge in [-0.25, -0.2) is 0 Å². The molecule has 0 aromatic carbocycles. The molecule has 1 unspecified atom stereocenters. The molecule has 2 aliphatic rings. The van der Waals surface area contributed by atoms with E-state index in [1.54, 1.807) is 0 Å². The average Bonchev–Trinajstić information content (AvgIpc) is 2.89. The summed E-state index contributed by atoms with van der Waals surface area (Å²) in [6.45, 7) is 2.94. The van der Waals surface area contributed by atoms with E-state index in [4.69, 9.17) is 9.26 Å². The van der Waals surface area contributed by atoms with Crippen molar-refractivity contribution in [3.63, 3.8) is 0 Å². The highest BCUT2D eigenvalue weighted by Gasteiger charge is 2.23. The Morgan fingerprint density at radius 1 is 1.22 bits per heavy atom. The fraction of sp³-hybridized carbons (Fsp3) is 0.846. The van der Waals surface area contributed by atoms with Gasteiger partial charge in [0.2, 0.25) is 5.89 Å². The van der Waals surface area contributed by atoms with Gasteiger partial charge in [0.25, 0.3) is 0 Å². The lowest BCUT2D eigenvalue weighted by molar-refractivity contribution is 0.0153. The summed E-state index contributed by atoms with van der Waals surface area (Å²) in [4.78, 5) is 4.53. The molecule has 100 valence electrons. The highest BCUT2D eigenvalue weighted by atomic mass is 16.5. The lowest BCUT2D eigenvalue weighted by atomic mass is 10.00. The van der Waals surface area contributed by atoms with Gasteiger partial charge in [0, 0.05) is 19.6 Å². The Balaban J connectivity index is 1.58. The molecule has 0 saturated carbocycles. The van der Waals surface area contributed by atoms with Crippen LogP contribution in [0.3, 0.4) is 0 Å². The second-order valence-electron chi connectivity index (χ2n) is 5.28. The van der Waals surface area contributed by atoms with Gasteiger partial charge in [-0.05, 0) is 38.6 Å². The van der Waals surface area contributed by atoms with Crippen LogP contribution < -0.4 is 5.32 Å². The van der Waals surface area contributed by atoms with Gasteiger partial charge in [-0.15, -0.1) is 0 Å². The normalized spacial score (nSPS) is 29.3. The third-order valence-electron chi connectivity index (χ3n) is 3.81. The maximum absolute atomic E-state index is 5.70. The number of aromatic nitrogens is 2. The van der Waals surface area contributed by atoms with Crippen LogP contribution in [-0.2, 0) is 11.2 Å². The molecular formula is C13H21N3O2. The molecule has 0 aliphatic carbocycles. The van der Waals surface area contributed by atoms with E-state index in [1.165, 1.54) is 19.3 Å². The van der Waals surface area contributed by atoms with Crippen molar-refractivity contribution in [3.05, 3.63) is 11.7 Å². The Hall–Kier alpha value is -0.940. The van der Waals surface area contributed by atoms with Crippen molar-refractivity contribution in [2.45, 2.75) is 50.5 Å². The summed E-state index contributed by atoms with van der Waals surface area (Å²) in [5.74, 6) is 2.00. The maximum atomic E-state index is 5.70. The molecule has 0 amide bonds. The second-order valence-corrected chi connectivity index (χ2v) is 5.28. The van der Waals surface area contributed by atoms with Gasteiger partial charge in [0.15, 0.2) is 5.82 Å². The summed E-state index contributed by atoms with van der Waals surface area (Å²) < 4.78 is 11.1. The monoisotopic (exact) mass is 251 g/mol. The van der Waals surface area contributed by atoms with Crippen molar-refractivity contribution in [1.29, 1.82) is 0 Å². The summed E-state index contributed by atoms with van der Waals surface area (Å²) in [5, 5.41) is 7.46. The zero-order valence-corrected chi connectivity index (χ0v) is 10.7. The van der Waals surface area contributed by atoms with Gasteiger partial charge in [0.1, 0.15) is 0 Å². The van der Waals surface area contributed by atoms with E-state index in [-0.39, 0.29) is 6.10 Å². The molecule has 1 N–H and O–H groups in total. The Bertz CT molecular complexity index is 368. The molecule has 0 bridgehead atoms. The fourth-order valence-electron chi connectivity index (χ4n) is 2.75. The molecule has 1 aromatic rings. The van der Waals surface area contributed by atoms with Crippen molar-refractivity contribution in [1.82, 2.24) is 15.5 Å². The van der Waals surface area contributed by atoms with Gasteiger partial charge >= 0.3 is 0 Å². The minimum atomic E-state index is 0.286. The molecule has 5 heteroatoms. The van der Waals surface area contributed by atoms with Gasteiger partial charge < -0.3 is 14.6 Å². The summed E-state index contributed by atoms with van der Waals surface area (Å²) in [6, 6.07) is 0. The number of nitrogens with one attached hydrogen (secondary N) is 1. The molecule has 2 saturated heterocycles. The van der Waals surface area contributed by atoms with E-state index in [2.05, 4.69) is 15.5 Å². The smallest absolute Gasteiger partial charge is 0.231 e. The Labute approximate surface area is 107 Å². The van der Waals surface area contributed by atoms with Gasteiger partial charge in [-0.3, -0.25) is 0 Å². The van der Waals surface area contributed by atoms with Crippen molar-refractivity contribution >= 4 is 0 Å². The van der Waals surface area contributed by atoms with Crippen LogP contribution >= 0.6 is 0 Å². The van der Waals surface area contributed by atoms with E-state index < -0.39 is 0 Å². The molecule has 5 nitrogen and oxygen atoms in total. The number of hydrogen-bond acceptors (Lipinski definition) is 5. The molecule has 2 atom stereocenters. The highest BCUT2D eigenvalue weighted by Crippen LogP contribution is 2.22. The zero-order valence-electron chi connectivity index (χ0n) is 10.7. The highest BCUT2D eigenvalue weighted by molar-refractivity contribution is 4.97. The van der Waals surface area contributed by atoms with Crippen LogP contribution in [0, 0.1) is 0 Å². The molecule has 0 spiro atoms. The Morgan fingerprint density at radius 3 is 3.00 bits per heavy atom.